The van der Waals surface area contributed by atoms with E-state index in [2.05, 4.69) is 0 Å². The zero-order valence-electron chi connectivity index (χ0n) is 8.35. The van der Waals surface area contributed by atoms with Crippen molar-refractivity contribution in [2.24, 2.45) is 0 Å². The van der Waals surface area contributed by atoms with Crippen molar-refractivity contribution in [2.45, 2.75) is 0 Å². The molecule has 1 radical (unpaired) electrons. The first-order valence-electron chi connectivity index (χ1n) is 4.67. The molecule has 2 aromatic rings. The number of rotatable bonds is 2. The molecule has 0 heterocycles. The Kier molecular flexibility index (Phi) is 4.29. The van der Waals surface area contributed by atoms with E-state index in [0.717, 1.165) is 11.1 Å². The molecule has 0 unspecified atom stereocenters. The fourth-order valence-corrected chi connectivity index (χ4v) is 1.54. The van der Waals surface area contributed by atoms with Crippen LogP contribution < -0.4 is 0 Å². The standard InChI is InChI=1S/C13H10O2.Cu/c14-13(15)12-9-5-4-8-11(12)10-6-2-1-3-7-10;/h1-9H,(H,14,15);. The van der Waals surface area contributed by atoms with Crippen LogP contribution in [0.25, 0.3) is 11.1 Å². The minimum absolute atomic E-state index is 0. The summed E-state index contributed by atoms with van der Waals surface area (Å²) in [6, 6.07) is 16.5. The van der Waals surface area contributed by atoms with Crippen LogP contribution >= 0.6 is 0 Å². The first kappa shape index (κ1) is 12.5. The van der Waals surface area contributed by atoms with Gasteiger partial charge in [-0.05, 0) is 17.2 Å². The first-order chi connectivity index (χ1) is 7.29. The van der Waals surface area contributed by atoms with Gasteiger partial charge < -0.3 is 5.11 Å². The predicted molar refractivity (Wildman–Crippen MR) is 58.8 cm³/mol. The van der Waals surface area contributed by atoms with Crippen molar-refractivity contribution < 1.29 is 27.0 Å². The summed E-state index contributed by atoms with van der Waals surface area (Å²) in [6.45, 7) is 0. The van der Waals surface area contributed by atoms with Crippen molar-refractivity contribution >= 4 is 5.97 Å². The second-order valence-corrected chi connectivity index (χ2v) is 3.22. The third-order valence-corrected chi connectivity index (χ3v) is 2.24. The third-order valence-electron chi connectivity index (χ3n) is 2.24. The van der Waals surface area contributed by atoms with Crippen molar-refractivity contribution in [1.29, 1.82) is 0 Å². The van der Waals surface area contributed by atoms with Gasteiger partial charge in [-0.25, -0.2) is 4.79 Å². The molecular weight excluding hydrogens is 252 g/mol. The SMILES string of the molecule is O=C(O)c1ccccc1-c1ccccc1.[Cu]. The molecule has 0 saturated carbocycles. The molecule has 2 rings (SSSR count). The number of carboxylic acids is 1. The van der Waals surface area contributed by atoms with Gasteiger partial charge in [-0.1, -0.05) is 48.5 Å². The van der Waals surface area contributed by atoms with Gasteiger partial charge in [0.1, 0.15) is 0 Å². The molecule has 2 aromatic carbocycles. The maximum absolute atomic E-state index is 11.0. The zero-order chi connectivity index (χ0) is 10.7. The minimum atomic E-state index is -0.894. The Labute approximate surface area is 104 Å². The van der Waals surface area contributed by atoms with Gasteiger partial charge >= 0.3 is 5.97 Å². The van der Waals surface area contributed by atoms with E-state index in [1.807, 2.05) is 42.5 Å². The van der Waals surface area contributed by atoms with Gasteiger partial charge in [-0.15, -0.1) is 0 Å². The first-order valence-corrected chi connectivity index (χ1v) is 4.67. The molecule has 1 N–H and O–H groups in total. The van der Waals surface area contributed by atoms with E-state index in [1.54, 1.807) is 12.1 Å². The molecule has 16 heavy (non-hydrogen) atoms. The Morgan fingerprint density at radius 1 is 0.875 bits per heavy atom. The van der Waals surface area contributed by atoms with Crippen molar-refractivity contribution in [2.75, 3.05) is 0 Å². The quantitative estimate of drug-likeness (QED) is 0.844. The maximum Gasteiger partial charge on any atom is 0.336 e. The summed E-state index contributed by atoms with van der Waals surface area (Å²) in [5, 5.41) is 9.03. The van der Waals surface area contributed by atoms with Crippen LogP contribution in [0.4, 0.5) is 0 Å². The fourth-order valence-electron chi connectivity index (χ4n) is 1.54. The molecule has 0 atom stereocenters. The molecule has 85 valence electrons. The van der Waals surface area contributed by atoms with E-state index in [-0.39, 0.29) is 17.1 Å². The van der Waals surface area contributed by atoms with E-state index in [4.69, 9.17) is 5.11 Å². The van der Waals surface area contributed by atoms with Crippen LogP contribution in [-0.2, 0) is 17.1 Å². The molecule has 0 aromatic heterocycles. The van der Waals surface area contributed by atoms with Crippen LogP contribution in [0.2, 0.25) is 0 Å². The van der Waals surface area contributed by atoms with E-state index < -0.39 is 5.97 Å². The second-order valence-electron chi connectivity index (χ2n) is 3.22. The predicted octanol–water partition coefficient (Wildman–Crippen LogP) is 3.05. The smallest absolute Gasteiger partial charge is 0.336 e. The Balaban J connectivity index is 0.00000128. The minimum Gasteiger partial charge on any atom is -0.478 e. The summed E-state index contributed by atoms with van der Waals surface area (Å²) in [6.07, 6.45) is 0. The molecule has 0 aliphatic carbocycles. The average Bonchev–Trinajstić information content (AvgIpc) is 2.30. The van der Waals surface area contributed by atoms with Crippen molar-refractivity contribution in [1.82, 2.24) is 0 Å². The Hall–Kier alpha value is -1.57. The summed E-state index contributed by atoms with van der Waals surface area (Å²) in [7, 11) is 0. The van der Waals surface area contributed by atoms with Crippen LogP contribution in [-0.4, -0.2) is 11.1 Å². The van der Waals surface area contributed by atoms with Crippen LogP contribution in [0.5, 0.6) is 0 Å². The molecule has 0 aliphatic heterocycles. The number of carbonyl (C=O) groups is 1. The van der Waals surface area contributed by atoms with E-state index in [9.17, 15) is 4.79 Å². The summed E-state index contributed by atoms with van der Waals surface area (Å²) in [5.41, 5.74) is 2.02. The topological polar surface area (TPSA) is 37.3 Å². The molecule has 3 heteroatoms. The van der Waals surface area contributed by atoms with Gasteiger partial charge in [0.25, 0.3) is 0 Å². The Bertz CT molecular complexity index is 480. The number of hydrogen-bond donors (Lipinski definition) is 1. The van der Waals surface area contributed by atoms with Gasteiger partial charge in [-0.3, -0.25) is 0 Å². The molecule has 0 spiro atoms. The molecule has 0 aliphatic rings. The van der Waals surface area contributed by atoms with E-state index >= 15 is 0 Å². The largest absolute Gasteiger partial charge is 0.478 e. The molecule has 0 saturated heterocycles. The van der Waals surface area contributed by atoms with Crippen LogP contribution in [0.3, 0.4) is 0 Å². The second kappa shape index (κ2) is 5.50. The summed E-state index contributed by atoms with van der Waals surface area (Å²) < 4.78 is 0. The van der Waals surface area contributed by atoms with Crippen LogP contribution in [0.1, 0.15) is 10.4 Å². The summed E-state index contributed by atoms with van der Waals surface area (Å²) in [4.78, 5) is 11.0. The van der Waals surface area contributed by atoms with Crippen molar-refractivity contribution in [3.8, 4) is 11.1 Å². The van der Waals surface area contributed by atoms with Gasteiger partial charge in [-0.2, -0.15) is 0 Å². The third kappa shape index (κ3) is 2.51. The normalized spacial score (nSPS) is 9.25. The fraction of sp³-hybridized carbons (Fsp3) is 0. The monoisotopic (exact) mass is 261 g/mol. The number of aromatic carboxylic acids is 1. The number of carboxylic acid groups (broad SMARTS) is 1. The zero-order valence-corrected chi connectivity index (χ0v) is 9.29. The van der Waals surface area contributed by atoms with Gasteiger partial charge in [0, 0.05) is 17.1 Å². The van der Waals surface area contributed by atoms with Crippen molar-refractivity contribution in [3.05, 3.63) is 60.2 Å². The Morgan fingerprint density at radius 2 is 1.44 bits per heavy atom. The molecule has 0 bridgehead atoms. The van der Waals surface area contributed by atoms with Gasteiger partial charge in [0.05, 0.1) is 5.56 Å². The van der Waals surface area contributed by atoms with E-state index in [1.165, 1.54) is 0 Å². The maximum atomic E-state index is 11.0. The molecule has 2 nitrogen and oxygen atoms in total. The number of hydrogen-bond acceptors (Lipinski definition) is 1. The summed E-state index contributed by atoms with van der Waals surface area (Å²) in [5.74, 6) is -0.894. The summed E-state index contributed by atoms with van der Waals surface area (Å²) >= 11 is 0. The van der Waals surface area contributed by atoms with Crippen molar-refractivity contribution in [3.63, 3.8) is 0 Å². The van der Waals surface area contributed by atoms with Crippen LogP contribution in [0.15, 0.2) is 54.6 Å². The molecule has 0 amide bonds. The molecular formula is C13H10CuO2. The Morgan fingerprint density at radius 3 is 2.06 bits per heavy atom. The number of benzene rings is 2. The van der Waals surface area contributed by atoms with E-state index in [0.29, 0.717) is 5.56 Å². The van der Waals surface area contributed by atoms with Gasteiger partial charge in [0.15, 0.2) is 0 Å². The van der Waals surface area contributed by atoms with Gasteiger partial charge in [0.2, 0.25) is 0 Å². The van der Waals surface area contributed by atoms with Crippen LogP contribution in [0, 0.1) is 0 Å². The molecule has 0 fully saturated rings. The average molecular weight is 262 g/mol.